The highest BCUT2D eigenvalue weighted by Gasteiger charge is 2.59. The van der Waals surface area contributed by atoms with Crippen LogP contribution < -0.4 is 0 Å². The number of allylic oxidation sites excluding steroid dienone is 1. The van der Waals surface area contributed by atoms with Gasteiger partial charge in [0.15, 0.2) is 0 Å². The van der Waals surface area contributed by atoms with E-state index in [1.807, 2.05) is 0 Å². The van der Waals surface area contributed by atoms with E-state index in [0.29, 0.717) is 5.41 Å². The molecule has 102 valence electrons. The van der Waals surface area contributed by atoms with E-state index < -0.39 is 0 Å². The minimum Gasteiger partial charge on any atom is -0.364 e. The highest BCUT2D eigenvalue weighted by Crippen LogP contribution is 2.64. The zero-order valence-electron chi connectivity index (χ0n) is 11.5. The van der Waals surface area contributed by atoms with Gasteiger partial charge in [0.25, 0.3) is 0 Å². The van der Waals surface area contributed by atoms with Gasteiger partial charge in [-0.25, -0.2) is 0 Å². The predicted molar refractivity (Wildman–Crippen MR) is 78.9 cm³/mol. The standard InChI is InChI=1S/C16H26OS/c1-2-9-15-10-6-11-16(15,17-13-12-15)18-14-7-4-3-5-8-14/h2,14H,1,3-13H2. The molecule has 2 unspecified atom stereocenters. The second kappa shape index (κ2) is 5.20. The van der Waals surface area contributed by atoms with Crippen LogP contribution in [0.2, 0.25) is 0 Å². The van der Waals surface area contributed by atoms with Gasteiger partial charge in [0.2, 0.25) is 0 Å². The Morgan fingerprint density at radius 3 is 2.72 bits per heavy atom. The minimum absolute atomic E-state index is 0.156. The van der Waals surface area contributed by atoms with Crippen molar-refractivity contribution in [3.8, 4) is 0 Å². The van der Waals surface area contributed by atoms with Gasteiger partial charge in [0.05, 0.1) is 0 Å². The molecule has 0 amide bonds. The molecule has 2 atom stereocenters. The van der Waals surface area contributed by atoms with Crippen LogP contribution in [-0.4, -0.2) is 16.8 Å². The second-order valence-corrected chi connectivity index (χ2v) is 7.92. The van der Waals surface area contributed by atoms with Crippen molar-refractivity contribution < 1.29 is 4.74 Å². The van der Waals surface area contributed by atoms with Crippen LogP contribution in [0.5, 0.6) is 0 Å². The summed E-state index contributed by atoms with van der Waals surface area (Å²) in [5, 5.41) is 0.860. The molecule has 3 rings (SSSR count). The molecule has 1 heterocycles. The average molecular weight is 266 g/mol. The van der Waals surface area contributed by atoms with E-state index in [1.54, 1.807) is 0 Å². The molecule has 0 aromatic rings. The molecular weight excluding hydrogens is 240 g/mol. The number of rotatable bonds is 4. The summed E-state index contributed by atoms with van der Waals surface area (Å²) in [6.45, 7) is 4.97. The normalized spacial score (nSPS) is 40.9. The molecule has 18 heavy (non-hydrogen) atoms. The first-order chi connectivity index (χ1) is 8.80. The van der Waals surface area contributed by atoms with Crippen LogP contribution in [0.25, 0.3) is 0 Å². The summed E-state index contributed by atoms with van der Waals surface area (Å²) in [6, 6.07) is 0. The third kappa shape index (κ3) is 2.06. The Hall–Kier alpha value is 0.0500. The second-order valence-electron chi connectivity index (χ2n) is 6.36. The largest absolute Gasteiger partial charge is 0.364 e. The third-order valence-corrected chi connectivity index (χ3v) is 7.27. The summed E-state index contributed by atoms with van der Waals surface area (Å²) < 4.78 is 6.34. The van der Waals surface area contributed by atoms with Crippen molar-refractivity contribution in [2.75, 3.05) is 6.61 Å². The minimum atomic E-state index is 0.156. The summed E-state index contributed by atoms with van der Waals surface area (Å²) in [5.74, 6) is 0. The van der Waals surface area contributed by atoms with Crippen LogP contribution in [0.3, 0.4) is 0 Å². The van der Waals surface area contributed by atoms with E-state index >= 15 is 0 Å². The van der Waals surface area contributed by atoms with E-state index in [4.69, 9.17) is 4.74 Å². The Morgan fingerprint density at radius 2 is 1.94 bits per heavy atom. The molecule has 1 aliphatic heterocycles. The monoisotopic (exact) mass is 266 g/mol. The fourth-order valence-electron chi connectivity index (χ4n) is 4.37. The fraction of sp³-hybridized carbons (Fsp3) is 0.875. The van der Waals surface area contributed by atoms with Crippen molar-refractivity contribution in [3.05, 3.63) is 12.7 Å². The van der Waals surface area contributed by atoms with Gasteiger partial charge < -0.3 is 4.74 Å². The molecule has 0 aromatic heterocycles. The molecule has 0 bridgehead atoms. The van der Waals surface area contributed by atoms with Crippen molar-refractivity contribution in [1.82, 2.24) is 0 Å². The van der Waals surface area contributed by atoms with E-state index in [0.717, 1.165) is 18.3 Å². The summed E-state index contributed by atoms with van der Waals surface area (Å²) in [4.78, 5) is 0.156. The van der Waals surface area contributed by atoms with Gasteiger partial charge in [-0.2, -0.15) is 0 Å². The number of hydrogen-bond acceptors (Lipinski definition) is 2. The number of hydrogen-bond donors (Lipinski definition) is 0. The van der Waals surface area contributed by atoms with Crippen LogP contribution in [0, 0.1) is 5.41 Å². The molecule has 2 aliphatic carbocycles. The molecule has 1 nitrogen and oxygen atoms in total. The van der Waals surface area contributed by atoms with Gasteiger partial charge in [0.1, 0.15) is 4.93 Å². The van der Waals surface area contributed by atoms with Gasteiger partial charge >= 0.3 is 0 Å². The van der Waals surface area contributed by atoms with Crippen LogP contribution >= 0.6 is 11.8 Å². The lowest BCUT2D eigenvalue weighted by Gasteiger charge is -2.41. The van der Waals surface area contributed by atoms with Gasteiger partial charge in [-0.15, -0.1) is 18.3 Å². The van der Waals surface area contributed by atoms with Gasteiger partial charge in [0, 0.05) is 17.3 Å². The summed E-state index contributed by atoms with van der Waals surface area (Å²) in [6.07, 6.45) is 15.7. The number of ether oxygens (including phenoxy) is 1. The fourth-order valence-corrected chi connectivity index (χ4v) is 6.43. The smallest absolute Gasteiger partial charge is 0.119 e. The molecule has 1 saturated heterocycles. The van der Waals surface area contributed by atoms with E-state index in [1.165, 1.54) is 57.8 Å². The quantitative estimate of drug-likeness (QED) is 0.668. The van der Waals surface area contributed by atoms with Gasteiger partial charge in [-0.3, -0.25) is 0 Å². The average Bonchev–Trinajstić information content (AvgIpc) is 2.85. The van der Waals surface area contributed by atoms with Crippen molar-refractivity contribution in [3.63, 3.8) is 0 Å². The van der Waals surface area contributed by atoms with E-state index in [-0.39, 0.29) is 4.93 Å². The maximum Gasteiger partial charge on any atom is 0.119 e. The molecule has 0 aromatic carbocycles. The Bertz CT molecular complexity index is 296. The first-order valence-electron chi connectivity index (χ1n) is 7.73. The third-order valence-electron chi connectivity index (χ3n) is 5.33. The lowest BCUT2D eigenvalue weighted by atomic mass is 9.79. The van der Waals surface area contributed by atoms with Gasteiger partial charge in [-0.1, -0.05) is 25.3 Å². The molecule has 2 heteroatoms. The lowest BCUT2D eigenvalue weighted by molar-refractivity contribution is 0.0379. The van der Waals surface area contributed by atoms with Crippen LogP contribution in [-0.2, 0) is 4.74 Å². The molecule has 2 saturated carbocycles. The topological polar surface area (TPSA) is 9.23 Å². The van der Waals surface area contributed by atoms with Crippen LogP contribution in [0.1, 0.15) is 64.2 Å². The predicted octanol–water partition coefficient (Wildman–Crippen LogP) is 4.92. The molecule has 3 aliphatic rings. The Balaban J connectivity index is 1.76. The maximum atomic E-state index is 6.34. The Labute approximate surface area is 116 Å². The summed E-state index contributed by atoms with van der Waals surface area (Å²) in [5.41, 5.74) is 0.427. The van der Waals surface area contributed by atoms with Crippen molar-refractivity contribution >= 4 is 11.8 Å². The Kier molecular flexibility index (Phi) is 3.77. The zero-order chi connectivity index (χ0) is 12.5. The number of fused-ring (bicyclic) bond motifs is 1. The van der Waals surface area contributed by atoms with Crippen molar-refractivity contribution in [1.29, 1.82) is 0 Å². The van der Waals surface area contributed by atoms with Crippen molar-refractivity contribution in [2.24, 2.45) is 5.41 Å². The molecular formula is C16H26OS. The maximum absolute atomic E-state index is 6.34. The summed E-state index contributed by atoms with van der Waals surface area (Å²) >= 11 is 2.22. The first-order valence-corrected chi connectivity index (χ1v) is 8.61. The highest BCUT2D eigenvalue weighted by atomic mass is 32.2. The first kappa shape index (κ1) is 13.1. The van der Waals surface area contributed by atoms with Crippen LogP contribution in [0.4, 0.5) is 0 Å². The lowest BCUT2D eigenvalue weighted by Crippen LogP contribution is -2.39. The van der Waals surface area contributed by atoms with E-state index in [9.17, 15) is 0 Å². The Morgan fingerprint density at radius 1 is 1.11 bits per heavy atom. The van der Waals surface area contributed by atoms with Crippen molar-refractivity contribution in [2.45, 2.75) is 74.4 Å². The molecule has 0 spiro atoms. The highest BCUT2D eigenvalue weighted by molar-refractivity contribution is 8.01. The molecule has 3 fully saturated rings. The summed E-state index contributed by atoms with van der Waals surface area (Å²) in [7, 11) is 0. The molecule has 0 N–H and O–H groups in total. The number of thioether (sulfide) groups is 1. The van der Waals surface area contributed by atoms with E-state index in [2.05, 4.69) is 24.4 Å². The molecule has 0 radical (unpaired) electrons. The van der Waals surface area contributed by atoms with Gasteiger partial charge in [-0.05, 0) is 44.9 Å². The SMILES string of the molecule is C=CCC12CCCC1(SC1CCCCC1)OCC2. The zero-order valence-corrected chi connectivity index (χ0v) is 12.3. The van der Waals surface area contributed by atoms with Crippen LogP contribution in [0.15, 0.2) is 12.7 Å².